The van der Waals surface area contributed by atoms with Crippen LogP contribution in [0.25, 0.3) is 0 Å². The Bertz CT molecular complexity index is 248. The van der Waals surface area contributed by atoms with Crippen LogP contribution in [-0.4, -0.2) is 24.3 Å². The van der Waals surface area contributed by atoms with Crippen molar-refractivity contribution in [2.45, 2.75) is 32.2 Å². The van der Waals surface area contributed by atoms with Gasteiger partial charge in [-0.15, -0.1) is 0 Å². The first-order chi connectivity index (χ1) is 7.33. The van der Waals surface area contributed by atoms with Crippen molar-refractivity contribution in [3.05, 3.63) is 35.9 Å². The van der Waals surface area contributed by atoms with Gasteiger partial charge in [0.25, 0.3) is 0 Å². The molecular weight excluding hydrogens is 186 g/mol. The van der Waals surface area contributed by atoms with E-state index >= 15 is 0 Å². The second kappa shape index (κ2) is 7.43. The molecule has 2 N–H and O–H groups in total. The van der Waals surface area contributed by atoms with E-state index in [2.05, 4.69) is 36.5 Å². The van der Waals surface area contributed by atoms with Gasteiger partial charge in [0.15, 0.2) is 0 Å². The smallest absolute Gasteiger partial charge is 0.0431 e. The minimum Gasteiger partial charge on any atom is -0.396 e. The van der Waals surface area contributed by atoms with Gasteiger partial charge < -0.3 is 10.4 Å². The lowest BCUT2D eigenvalue weighted by Crippen LogP contribution is -2.29. The summed E-state index contributed by atoms with van der Waals surface area (Å²) in [5.41, 5.74) is 1.37. The Morgan fingerprint density at radius 2 is 1.93 bits per heavy atom. The molecule has 0 aromatic heterocycles. The standard InChI is InChI=1S/C13H21NO/c1-12(14-9-5-6-10-15)11-13-7-3-2-4-8-13/h2-4,7-8,12,14-15H,5-6,9-11H2,1H3. The van der Waals surface area contributed by atoms with Crippen molar-refractivity contribution in [1.82, 2.24) is 5.32 Å². The highest BCUT2D eigenvalue weighted by Crippen LogP contribution is 2.02. The minimum absolute atomic E-state index is 0.300. The number of benzene rings is 1. The Morgan fingerprint density at radius 3 is 2.60 bits per heavy atom. The highest BCUT2D eigenvalue weighted by molar-refractivity contribution is 5.15. The van der Waals surface area contributed by atoms with Crippen LogP contribution in [0.4, 0.5) is 0 Å². The molecule has 0 spiro atoms. The van der Waals surface area contributed by atoms with Gasteiger partial charge in [0.2, 0.25) is 0 Å². The number of hydrogen-bond donors (Lipinski definition) is 2. The third kappa shape index (κ3) is 5.55. The molecule has 0 radical (unpaired) electrons. The van der Waals surface area contributed by atoms with Gasteiger partial charge in [-0.3, -0.25) is 0 Å². The van der Waals surface area contributed by atoms with Crippen LogP contribution in [0.3, 0.4) is 0 Å². The highest BCUT2D eigenvalue weighted by atomic mass is 16.2. The maximum Gasteiger partial charge on any atom is 0.0431 e. The van der Waals surface area contributed by atoms with Crippen LogP contribution in [0.1, 0.15) is 25.3 Å². The molecular formula is C13H21NO. The first kappa shape index (κ1) is 12.2. The molecule has 1 unspecified atom stereocenters. The molecule has 0 saturated heterocycles. The molecule has 0 aliphatic heterocycles. The lowest BCUT2D eigenvalue weighted by Gasteiger charge is -2.13. The van der Waals surface area contributed by atoms with Gasteiger partial charge in [-0.05, 0) is 38.3 Å². The lowest BCUT2D eigenvalue weighted by molar-refractivity contribution is 0.282. The van der Waals surface area contributed by atoms with Crippen molar-refractivity contribution in [2.75, 3.05) is 13.2 Å². The van der Waals surface area contributed by atoms with Crippen molar-refractivity contribution in [1.29, 1.82) is 0 Å². The Kier molecular flexibility index (Phi) is 6.05. The van der Waals surface area contributed by atoms with Gasteiger partial charge in [0.1, 0.15) is 0 Å². The monoisotopic (exact) mass is 207 g/mol. The van der Waals surface area contributed by atoms with Gasteiger partial charge in [-0.1, -0.05) is 30.3 Å². The van der Waals surface area contributed by atoms with Gasteiger partial charge in [0.05, 0.1) is 0 Å². The maximum atomic E-state index is 8.64. The summed E-state index contributed by atoms with van der Waals surface area (Å²) < 4.78 is 0. The fourth-order valence-corrected chi connectivity index (χ4v) is 1.63. The van der Waals surface area contributed by atoms with Crippen LogP contribution in [0, 0.1) is 0 Å². The SMILES string of the molecule is CC(Cc1ccccc1)NCCCCO. The fraction of sp³-hybridized carbons (Fsp3) is 0.538. The summed E-state index contributed by atoms with van der Waals surface area (Å²) in [6, 6.07) is 11.0. The number of nitrogens with one attached hydrogen (secondary N) is 1. The number of hydrogen-bond acceptors (Lipinski definition) is 2. The van der Waals surface area contributed by atoms with E-state index in [4.69, 9.17) is 5.11 Å². The Balaban J connectivity index is 2.16. The molecule has 1 rings (SSSR count). The molecule has 1 aromatic carbocycles. The second-order valence-electron chi connectivity index (χ2n) is 3.98. The average Bonchev–Trinajstić information content (AvgIpc) is 2.26. The molecule has 2 nitrogen and oxygen atoms in total. The normalized spacial score (nSPS) is 12.7. The molecule has 0 fully saturated rings. The Hall–Kier alpha value is -0.860. The van der Waals surface area contributed by atoms with Crippen molar-refractivity contribution in [3.63, 3.8) is 0 Å². The van der Waals surface area contributed by atoms with Crippen molar-refractivity contribution in [2.24, 2.45) is 0 Å². The van der Waals surface area contributed by atoms with Gasteiger partial charge in [0, 0.05) is 12.6 Å². The molecule has 0 aliphatic rings. The molecule has 1 atom stereocenters. The molecule has 1 aromatic rings. The van der Waals surface area contributed by atoms with Gasteiger partial charge in [-0.2, -0.15) is 0 Å². The molecule has 2 heteroatoms. The van der Waals surface area contributed by atoms with E-state index < -0.39 is 0 Å². The van der Waals surface area contributed by atoms with Crippen LogP contribution in [0.15, 0.2) is 30.3 Å². The summed E-state index contributed by atoms with van der Waals surface area (Å²) in [5, 5.41) is 12.1. The van der Waals surface area contributed by atoms with Crippen molar-refractivity contribution >= 4 is 0 Å². The molecule has 0 aliphatic carbocycles. The first-order valence-corrected chi connectivity index (χ1v) is 5.71. The van der Waals surface area contributed by atoms with Crippen molar-refractivity contribution < 1.29 is 5.11 Å². The topological polar surface area (TPSA) is 32.3 Å². The summed E-state index contributed by atoms with van der Waals surface area (Å²) in [7, 11) is 0. The zero-order valence-electron chi connectivity index (χ0n) is 9.45. The summed E-state index contributed by atoms with van der Waals surface area (Å²) in [6.07, 6.45) is 3.01. The van der Waals surface area contributed by atoms with Gasteiger partial charge >= 0.3 is 0 Å². The predicted octanol–water partition coefficient (Wildman–Crippen LogP) is 1.98. The summed E-state index contributed by atoms with van der Waals surface area (Å²) in [6.45, 7) is 3.50. The largest absolute Gasteiger partial charge is 0.396 e. The quantitative estimate of drug-likeness (QED) is 0.670. The van der Waals surface area contributed by atoms with E-state index in [9.17, 15) is 0 Å². The van der Waals surface area contributed by atoms with E-state index in [0.29, 0.717) is 12.6 Å². The van der Waals surface area contributed by atoms with E-state index in [0.717, 1.165) is 25.8 Å². The second-order valence-corrected chi connectivity index (χ2v) is 3.98. The highest BCUT2D eigenvalue weighted by Gasteiger charge is 2.01. The van der Waals surface area contributed by atoms with Crippen LogP contribution in [-0.2, 0) is 6.42 Å². The molecule has 15 heavy (non-hydrogen) atoms. The Morgan fingerprint density at radius 1 is 1.20 bits per heavy atom. The number of aliphatic hydroxyl groups is 1. The van der Waals surface area contributed by atoms with Crippen LogP contribution < -0.4 is 5.32 Å². The average molecular weight is 207 g/mol. The van der Waals surface area contributed by atoms with Crippen LogP contribution >= 0.6 is 0 Å². The third-order valence-electron chi connectivity index (χ3n) is 2.46. The molecule has 0 bridgehead atoms. The van der Waals surface area contributed by atoms with E-state index in [1.807, 2.05) is 6.07 Å². The lowest BCUT2D eigenvalue weighted by atomic mass is 10.1. The minimum atomic E-state index is 0.300. The number of aliphatic hydroxyl groups excluding tert-OH is 1. The van der Waals surface area contributed by atoms with E-state index in [1.165, 1.54) is 5.56 Å². The van der Waals surface area contributed by atoms with Gasteiger partial charge in [-0.25, -0.2) is 0 Å². The first-order valence-electron chi connectivity index (χ1n) is 5.71. The predicted molar refractivity (Wildman–Crippen MR) is 63.9 cm³/mol. The third-order valence-corrected chi connectivity index (χ3v) is 2.46. The van der Waals surface area contributed by atoms with Crippen LogP contribution in [0.5, 0.6) is 0 Å². The zero-order chi connectivity index (χ0) is 10.9. The Labute approximate surface area is 92.3 Å². The number of rotatable bonds is 7. The molecule has 0 heterocycles. The van der Waals surface area contributed by atoms with Crippen LogP contribution in [0.2, 0.25) is 0 Å². The summed E-state index contributed by atoms with van der Waals surface area (Å²) in [5.74, 6) is 0. The summed E-state index contributed by atoms with van der Waals surface area (Å²) in [4.78, 5) is 0. The maximum absolute atomic E-state index is 8.64. The van der Waals surface area contributed by atoms with E-state index in [-0.39, 0.29) is 0 Å². The summed E-state index contributed by atoms with van der Waals surface area (Å²) >= 11 is 0. The molecule has 0 amide bonds. The van der Waals surface area contributed by atoms with E-state index in [1.54, 1.807) is 0 Å². The molecule has 0 saturated carbocycles. The van der Waals surface area contributed by atoms with Crippen molar-refractivity contribution in [3.8, 4) is 0 Å². The zero-order valence-corrected chi connectivity index (χ0v) is 9.45. The number of unbranched alkanes of at least 4 members (excludes halogenated alkanes) is 1. The fourth-order valence-electron chi connectivity index (χ4n) is 1.63. The molecule has 84 valence electrons.